The highest BCUT2D eigenvalue weighted by Gasteiger charge is 2.29. The summed E-state index contributed by atoms with van der Waals surface area (Å²) in [5.41, 5.74) is 3.72. The number of aliphatic hydroxyl groups is 1. The van der Waals surface area contributed by atoms with Crippen LogP contribution in [0, 0.1) is 0 Å². The lowest BCUT2D eigenvalue weighted by molar-refractivity contribution is -0.130. The maximum atomic E-state index is 13.6. The van der Waals surface area contributed by atoms with Gasteiger partial charge < -0.3 is 15.7 Å². The fourth-order valence-corrected chi connectivity index (χ4v) is 4.39. The molecule has 0 aliphatic carbocycles. The smallest absolute Gasteiger partial charge is 0.255 e. The molecule has 0 saturated heterocycles. The van der Waals surface area contributed by atoms with Crippen molar-refractivity contribution in [1.29, 1.82) is 0 Å². The number of aliphatic hydroxyl groups excluding tert-OH is 1. The topological polar surface area (TPSA) is 109 Å². The van der Waals surface area contributed by atoms with E-state index in [2.05, 4.69) is 20.7 Å². The Morgan fingerprint density at radius 3 is 2.15 bits per heavy atom. The Morgan fingerprint density at radius 1 is 0.800 bits per heavy atom. The average Bonchev–Trinajstić information content (AvgIpc) is 3.51. The van der Waals surface area contributed by atoms with Gasteiger partial charge in [0.05, 0.1) is 17.3 Å². The molecule has 0 fully saturated rings. The first kappa shape index (κ1) is 26.5. The summed E-state index contributed by atoms with van der Waals surface area (Å²) >= 11 is 0. The number of pyridine rings is 1. The zero-order valence-electron chi connectivity index (χ0n) is 21.7. The molecule has 0 bridgehead atoms. The first-order valence-electron chi connectivity index (χ1n) is 13.0. The van der Waals surface area contributed by atoms with Gasteiger partial charge in [-0.05, 0) is 35.7 Å². The van der Waals surface area contributed by atoms with Crippen molar-refractivity contribution in [2.45, 2.75) is 25.1 Å². The molecule has 5 rings (SSSR count). The van der Waals surface area contributed by atoms with Gasteiger partial charge in [0.25, 0.3) is 11.8 Å². The van der Waals surface area contributed by atoms with Gasteiger partial charge in [-0.3, -0.25) is 9.59 Å². The molecule has 2 atom stereocenters. The number of amides is 2. The summed E-state index contributed by atoms with van der Waals surface area (Å²) in [7, 11) is 0. The summed E-state index contributed by atoms with van der Waals surface area (Å²) < 4.78 is 1.55. The second kappa shape index (κ2) is 12.6. The average molecular weight is 532 g/mol. The van der Waals surface area contributed by atoms with E-state index in [9.17, 15) is 14.7 Å². The number of aromatic nitrogens is 3. The Hall–Kier alpha value is -5.08. The molecule has 3 N–H and O–H groups in total. The molecule has 2 heterocycles. The zero-order chi connectivity index (χ0) is 27.7. The lowest BCUT2D eigenvalue weighted by Crippen LogP contribution is -2.51. The van der Waals surface area contributed by atoms with Gasteiger partial charge in [-0.15, -0.1) is 0 Å². The minimum atomic E-state index is -1.48. The zero-order valence-corrected chi connectivity index (χ0v) is 21.7. The Bertz CT molecular complexity index is 1560. The van der Waals surface area contributed by atoms with Gasteiger partial charge in [0.1, 0.15) is 0 Å². The summed E-state index contributed by atoms with van der Waals surface area (Å²) in [6, 6.07) is 32.8. The molecule has 200 valence electrons. The summed E-state index contributed by atoms with van der Waals surface area (Å²) in [6.45, 7) is 0.262. The first-order valence-corrected chi connectivity index (χ1v) is 13.0. The Kier molecular flexibility index (Phi) is 8.38. The van der Waals surface area contributed by atoms with E-state index in [4.69, 9.17) is 0 Å². The number of hydrogen-bond acceptors (Lipinski definition) is 5. The van der Waals surface area contributed by atoms with Crippen molar-refractivity contribution >= 4 is 11.8 Å². The van der Waals surface area contributed by atoms with E-state index in [1.54, 1.807) is 29.2 Å². The van der Waals surface area contributed by atoms with E-state index in [1.807, 2.05) is 97.1 Å². The Morgan fingerprint density at radius 2 is 1.45 bits per heavy atom. The minimum Gasteiger partial charge on any atom is -0.381 e. The van der Waals surface area contributed by atoms with Crippen LogP contribution in [0.1, 0.15) is 21.5 Å². The van der Waals surface area contributed by atoms with Gasteiger partial charge in [-0.25, -0.2) is 9.67 Å². The SMILES string of the molecule is O=C(NC(Cc1ccccc1)C(O)C(=O)NCc1ccccc1)c1cccnc1-n1ccc(-c2ccccc2)n1. The molecule has 8 nitrogen and oxygen atoms in total. The van der Waals surface area contributed by atoms with Crippen molar-refractivity contribution in [1.82, 2.24) is 25.4 Å². The molecule has 40 heavy (non-hydrogen) atoms. The van der Waals surface area contributed by atoms with Crippen molar-refractivity contribution < 1.29 is 14.7 Å². The van der Waals surface area contributed by atoms with Crippen molar-refractivity contribution in [3.8, 4) is 17.1 Å². The number of carbonyl (C=O) groups excluding carboxylic acids is 2. The van der Waals surface area contributed by atoms with Gasteiger partial charge >= 0.3 is 0 Å². The van der Waals surface area contributed by atoms with E-state index in [0.29, 0.717) is 5.82 Å². The predicted octanol–water partition coefficient (Wildman–Crippen LogP) is 3.95. The van der Waals surface area contributed by atoms with Crippen LogP contribution in [0.2, 0.25) is 0 Å². The van der Waals surface area contributed by atoms with Gasteiger partial charge in [-0.1, -0.05) is 91.0 Å². The van der Waals surface area contributed by atoms with E-state index in [1.165, 1.54) is 0 Å². The number of hydrogen-bond donors (Lipinski definition) is 3. The van der Waals surface area contributed by atoms with Crippen molar-refractivity contribution in [3.05, 3.63) is 138 Å². The predicted molar refractivity (Wildman–Crippen MR) is 152 cm³/mol. The Balaban J connectivity index is 1.36. The van der Waals surface area contributed by atoms with E-state index < -0.39 is 24.0 Å². The normalized spacial score (nSPS) is 12.3. The quantitative estimate of drug-likeness (QED) is 0.253. The number of carbonyl (C=O) groups is 2. The summed E-state index contributed by atoms with van der Waals surface area (Å²) in [6.07, 6.45) is 2.10. The molecule has 0 aliphatic heterocycles. The molecule has 0 spiro atoms. The third kappa shape index (κ3) is 6.48. The second-order valence-corrected chi connectivity index (χ2v) is 9.30. The summed E-state index contributed by atoms with van der Waals surface area (Å²) in [5, 5.41) is 21.3. The lowest BCUT2D eigenvalue weighted by atomic mass is 10.00. The molecule has 3 aromatic carbocycles. The molecular formula is C32H29N5O3. The third-order valence-corrected chi connectivity index (χ3v) is 6.48. The fraction of sp³-hybridized carbons (Fsp3) is 0.125. The summed E-state index contributed by atoms with van der Waals surface area (Å²) in [4.78, 5) is 30.9. The van der Waals surface area contributed by atoms with Crippen molar-refractivity contribution in [2.75, 3.05) is 0 Å². The van der Waals surface area contributed by atoms with E-state index in [0.717, 1.165) is 22.4 Å². The molecule has 0 radical (unpaired) electrons. The number of rotatable bonds is 10. The van der Waals surface area contributed by atoms with Gasteiger partial charge in [0.2, 0.25) is 0 Å². The summed E-state index contributed by atoms with van der Waals surface area (Å²) in [5.74, 6) is -0.713. The lowest BCUT2D eigenvalue weighted by Gasteiger charge is -2.24. The number of nitrogens with zero attached hydrogens (tertiary/aromatic N) is 3. The van der Waals surface area contributed by atoms with Crippen LogP contribution in [0.15, 0.2) is 122 Å². The van der Waals surface area contributed by atoms with Gasteiger partial charge in [0, 0.05) is 24.5 Å². The molecule has 0 aliphatic rings. The van der Waals surface area contributed by atoms with Crippen LogP contribution in [0.3, 0.4) is 0 Å². The van der Waals surface area contributed by atoms with Crippen LogP contribution in [0.25, 0.3) is 17.1 Å². The standard InChI is InChI=1S/C32H29N5O3/c38-29(32(40)34-22-24-13-6-2-7-14-24)28(21-23-11-4-1-5-12-23)35-31(39)26-17-10-19-33-30(26)37-20-18-27(36-37)25-15-8-3-9-16-25/h1-20,28-29,38H,21-22H2,(H,34,40)(H,35,39). The van der Waals surface area contributed by atoms with Crippen LogP contribution in [-0.2, 0) is 17.8 Å². The molecule has 8 heteroatoms. The highest BCUT2D eigenvalue weighted by Crippen LogP contribution is 2.19. The Labute approximate surface area is 232 Å². The van der Waals surface area contributed by atoms with Crippen LogP contribution < -0.4 is 10.6 Å². The molecule has 2 unspecified atom stereocenters. The second-order valence-electron chi connectivity index (χ2n) is 9.30. The molecule has 2 amide bonds. The van der Waals surface area contributed by atoms with Gasteiger partial charge in [-0.2, -0.15) is 5.10 Å². The monoisotopic (exact) mass is 531 g/mol. The van der Waals surface area contributed by atoms with Crippen molar-refractivity contribution in [3.63, 3.8) is 0 Å². The third-order valence-electron chi connectivity index (χ3n) is 6.48. The van der Waals surface area contributed by atoms with E-state index in [-0.39, 0.29) is 18.5 Å². The van der Waals surface area contributed by atoms with Crippen molar-refractivity contribution in [2.24, 2.45) is 0 Å². The number of nitrogens with one attached hydrogen (secondary N) is 2. The molecule has 2 aromatic heterocycles. The van der Waals surface area contributed by atoms with Crippen LogP contribution >= 0.6 is 0 Å². The van der Waals surface area contributed by atoms with E-state index >= 15 is 0 Å². The molecular weight excluding hydrogens is 502 g/mol. The molecule has 5 aromatic rings. The van der Waals surface area contributed by atoms with Crippen LogP contribution in [0.5, 0.6) is 0 Å². The number of benzene rings is 3. The first-order chi connectivity index (χ1) is 19.6. The largest absolute Gasteiger partial charge is 0.381 e. The van der Waals surface area contributed by atoms with Crippen LogP contribution in [0.4, 0.5) is 0 Å². The highest BCUT2D eigenvalue weighted by atomic mass is 16.3. The fourth-order valence-electron chi connectivity index (χ4n) is 4.39. The minimum absolute atomic E-state index is 0.252. The van der Waals surface area contributed by atoms with Gasteiger partial charge in [0.15, 0.2) is 11.9 Å². The maximum Gasteiger partial charge on any atom is 0.255 e. The highest BCUT2D eigenvalue weighted by molar-refractivity contribution is 5.97. The maximum absolute atomic E-state index is 13.6. The molecule has 0 saturated carbocycles. The van der Waals surface area contributed by atoms with Crippen LogP contribution in [-0.4, -0.2) is 43.8 Å².